The van der Waals surface area contributed by atoms with Gasteiger partial charge in [-0.1, -0.05) is 6.92 Å². The van der Waals surface area contributed by atoms with Crippen LogP contribution in [0.15, 0.2) is 0 Å². The first-order valence-electron chi connectivity index (χ1n) is 6.17. The minimum atomic E-state index is -0.338. The second-order valence-electron chi connectivity index (χ2n) is 4.88. The van der Waals surface area contributed by atoms with Gasteiger partial charge in [0.25, 0.3) is 0 Å². The van der Waals surface area contributed by atoms with Crippen molar-refractivity contribution in [3.05, 3.63) is 0 Å². The Balaban J connectivity index is 2.29. The maximum atomic E-state index is 11.7. The van der Waals surface area contributed by atoms with Gasteiger partial charge in [0.1, 0.15) is 6.10 Å². The summed E-state index contributed by atoms with van der Waals surface area (Å²) >= 11 is 0. The minimum absolute atomic E-state index is 0.00149. The van der Waals surface area contributed by atoms with E-state index in [1.54, 1.807) is 6.92 Å². The van der Waals surface area contributed by atoms with Gasteiger partial charge in [0.2, 0.25) is 5.91 Å². The lowest BCUT2D eigenvalue weighted by Gasteiger charge is -2.34. The lowest BCUT2D eigenvalue weighted by molar-refractivity contribution is -0.132. The van der Waals surface area contributed by atoms with Crippen molar-refractivity contribution in [2.45, 2.75) is 39.7 Å². The Morgan fingerprint density at radius 3 is 2.69 bits per heavy atom. The zero-order valence-corrected chi connectivity index (χ0v) is 10.6. The lowest BCUT2D eigenvalue weighted by Crippen LogP contribution is -2.45. The molecule has 0 aromatic carbocycles. The molecule has 4 heteroatoms. The molecule has 0 unspecified atom stereocenters. The number of ether oxygens (including phenoxy) is 1. The highest BCUT2D eigenvalue weighted by Gasteiger charge is 2.27. The van der Waals surface area contributed by atoms with Crippen LogP contribution in [0.2, 0.25) is 0 Å². The van der Waals surface area contributed by atoms with Crippen LogP contribution >= 0.6 is 0 Å². The number of nitrogens with one attached hydrogen (secondary N) is 2. The molecular weight excluding hydrogens is 204 g/mol. The van der Waals surface area contributed by atoms with Crippen LogP contribution in [0.25, 0.3) is 0 Å². The molecule has 1 fully saturated rings. The van der Waals surface area contributed by atoms with E-state index in [0.29, 0.717) is 6.61 Å². The molecule has 1 aliphatic rings. The number of rotatable bonds is 5. The highest BCUT2D eigenvalue weighted by Crippen LogP contribution is 2.26. The molecule has 94 valence electrons. The molecule has 0 spiro atoms. The molecule has 0 saturated carbocycles. The van der Waals surface area contributed by atoms with Gasteiger partial charge in [-0.3, -0.25) is 4.79 Å². The van der Waals surface area contributed by atoms with Gasteiger partial charge in [-0.25, -0.2) is 0 Å². The van der Waals surface area contributed by atoms with E-state index in [0.717, 1.165) is 32.5 Å². The molecule has 1 heterocycles. The number of hydrogen-bond donors (Lipinski definition) is 2. The number of carbonyl (C=O) groups is 1. The van der Waals surface area contributed by atoms with E-state index < -0.39 is 0 Å². The fourth-order valence-corrected chi connectivity index (χ4v) is 1.98. The largest absolute Gasteiger partial charge is 0.369 e. The lowest BCUT2D eigenvalue weighted by atomic mass is 9.81. The summed E-state index contributed by atoms with van der Waals surface area (Å²) < 4.78 is 5.25. The van der Waals surface area contributed by atoms with Crippen molar-refractivity contribution in [3.63, 3.8) is 0 Å². The summed E-state index contributed by atoms with van der Waals surface area (Å²) in [6.07, 6.45) is 1.90. The number of hydrogen-bond acceptors (Lipinski definition) is 3. The second-order valence-corrected chi connectivity index (χ2v) is 4.88. The monoisotopic (exact) mass is 228 g/mol. The molecular formula is C12H24N2O2. The molecule has 16 heavy (non-hydrogen) atoms. The summed E-state index contributed by atoms with van der Waals surface area (Å²) in [6, 6.07) is 0. The average Bonchev–Trinajstić information content (AvgIpc) is 2.27. The quantitative estimate of drug-likeness (QED) is 0.735. The molecule has 0 aromatic rings. The smallest absolute Gasteiger partial charge is 0.248 e. The third kappa shape index (κ3) is 4.10. The second kappa shape index (κ2) is 6.21. The molecule has 1 atom stereocenters. The maximum absolute atomic E-state index is 11.7. The molecule has 2 N–H and O–H groups in total. The van der Waals surface area contributed by atoms with Gasteiger partial charge in [-0.2, -0.15) is 0 Å². The molecule has 0 aliphatic carbocycles. The zero-order valence-electron chi connectivity index (χ0n) is 10.6. The molecule has 1 amide bonds. The van der Waals surface area contributed by atoms with Crippen molar-refractivity contribution in [2.24, 2.45) is 5.41 Å². The van der Waals surface area contributed by atoms with Crippen molar-refractivity contribution >= 4 is 5.91 Å². The van der Waals surface area contributed by atoms with Gasteiger partial charge in [0, 0.05) is 13.2 Å². The first-order valence-corrected chi connectivity index (χ1v) is 6.17. The summed E-state index contributed by atoms with van der Waals surface area (Å²) in [6.45, 7) is 9.36. The summed E-state index contributed by atoms with van der Waals surface area (Å²) in [5.41, 5.74) is 0.243. The Bertz CT molecular complexity index is 225. The average molecular weight is 228 g/mol. The number of carbonyl (C=O) groups excluding carboxylic acids is 1. The van der Waals surface area contributed by atoms with Crippen LogP contribution in [0.4, 0.5) is 0 Å². The van der Waals surface area contributed by atoms with Crippen LogP contribution in [0.3, 0.4) is 0 Å². The topological polar surface area (TPSA) is 50.4 Å². The van der Waals surface area contributed by atoms with Gasteiger partial charge in [0.15, 0.2) is 0 Å². The van der Waals surface area contributed by atoms with Crippen LogP contribution in [0.5, 0.6) is 0 Å². The molecule has 0 bridgehead atoms. The maximum Gasteiger partial charge on any atom is 0.248 e. The highest BCUT2D eigenvalue weighted by atomic mass is 16.5. The van der Waals surface area contributed by atoms with Crippen molar-refractivity contribution in [1.82, 2.24) is 10.6 Å². The van der Waals surface area contributed by atoms with E-state index in [4.69, 9.17) is 4.74 Å². The van der Waals surface area contributed by atoms with Gasteiger partial charge in [-0.15, -0.1) is 0 Å². The van der Waals surface area contributed by atoms with Crippen LogP contribution < -0.4 is 10.6 Å². The van der Waals surface area contributed by atoms with Crippen molar-refractivity contribution in [1.29, 1.82) is 0 Å². The Kier molecular flexibility index (Phi) is 5.22. The molecule has 1 rings (SSSR count). The molecule has 1 aliphatic heterocycles. The summed E-state index contributed by atoms with van der Waals surface area (Å²) in [7, 11) is 0. The zero-order chi connectivity index (χ0) is 12.0. The first-order chi connectivity index (χ1) is 7.57. The van der Waals surface area contributed by atoms with Crippen LogP contribution in [0, 0.1) is 5.41 Å². The number of piperidine rings is 1. The van der Waals surface area contributed by atoms with E-state index in [2.05, 4.69) is 17.6 Å². The summed E-state index contributed by atoms with van der Waals surface area (Å²) in [4.78, 5) is 11.7. The third-order valence-corrected chi connectivity index (χ3v) is 3.29. The van der Waals surface area contributed by atoms with Gasteiger partial charge in [0.05, 0.1) is 0 Å². The van der Waals surface area contributed by atoms with E-state index in [9.17, 15) is 4.79 Å². The molecule has 1 saturated heterocycles. The van der Waals surface area contributed by atoms with Crippen molar-refractivity contribution in [2.75, 3.05) is 26.2 Å². The predicted octanol–water partition coefficient (Wildman–Crippen LogP) is 0.917. The van der Waals surface area contributed by atoms with E-state index in [-0.39, 0.29) is 17.4 Å². The SMILES string of the molecule is CCO[C@@H](C)C(=O)NCC1(C)CCNCC1. The van der Waals surface area contributed by atoms with Crippen LogP contribution in [-0.4, -0.2) is 38.3 Å². The van der Waals surface area contributed by atoms with E-state index in [1.165, 1.54) is 0 Å². The molecule has 0 radical (unpaired) electrons. The standard InChI is InChI=1S/C12H24N2O2/c1-4-16-10(2)11(15)14-9-12(3)5-7-13-8-6-12/h10,13H,4-9H2,1-3H3,(H,14,15)/t10-/m0/s1. The summed E-state index contributed by atoms with van der Waals surface area (Å²) in [5, 5.41) is 6.32. The van der Waals surface area contributed by atoms with Crippen LogP contribution in [-0.2, 0) is 9.53 Å². The van der Waals surface area contributed by atoms with E-state index >= 15 is 0 Å². The van der Waals surface area contributed by atoms with E-state index in [1.807, 2.05) is 6.92 Å². The number of amides is 1. The third-order valence-electron chi connectivity index (χ3n) is 3.29. The van der Waals surface area contributed by atoms with Crippen molar-refractivity contribution in [3.8, 4) is 0 Å². The fourth-order valence-electron chi connectivity index (χ4n) is 1.98. The predicted molar refractivity (Wildman–Crippen MR) is 64.3 cm³/mol. The Hall–Kier alpha value is -0.610. The minimum Gasteiger partial charge on any atom is -0.369 e. The normalized spacial score (nSPS) is 21.4. The van der Waals surface area contributed by atoms with Gasteiger partial charge < -0.3 is 15.4 Å². The first kappa shape index (κ1) is 13.5. The van der Waals surface area contributed by atoms with Gasteiger partial charge >= 0.3 is 0 Å². The Morgan fingerprint density at radius 2 is 2.12 bits per heavy atom. The van der Waals surface area contributed by atoms with Crippen LogP contribution in [0.1, 0.15) is 33.6 Å². The Morgan fingerprint density at radius 1 is 1.50 bits per heavy atom. The summed E-state index contributed by atoms with van der Waals surface area (Å²) in [5.74, 6) is 0.00149. The Labute approximate surface area is 98.1 Å². The molecule has 4 nitrogen and oxygen atoms in total. The molecule has 0 aromatic heterocycles. The highest BCUT2D eigenvalue weighted by molar-refractivity contribution is 5.80. The van der Waals surface area contributed by atoms with Crippen molar-refractivity contribution < 1.29 is 9.53 Å². The fraction of sp³-hybridized carbons (Fsp3) is 0.917. The van der Waals surface area contributed by atoms with Gasteiger partial charge in [-0.05, 0) is 45.2 Å².